The van der Waals surface area contributed by atoms with Gasteiger partial charge in [-0.25, -0.2) is 8.78 Å². The highest BCUT2D eigenvalue weighted by atomic mass is 32.1. The molecule has 0 fully saturated rings. The average molecular weight is 273 g/mol. The highest BCUT2D eigenvalue weighted by Crippen LogP contribution is 2.20. The molecule has 100 valence electrons. The topological polar surface area (TPSA) is 41.3 Å². The molecule has 0 aromatic heterocycles. The van der Waals surface area contributed by atoms with Gasteiger partial charge in [0.05, 0.1) is 0 Å². The molecule has 0 atom stereocenters. The van der Waals surface area contributed by atoms with E-state index < -0.39 is 11.6 Å². The first-order chi connectivity index (χ1) is 8.45. The Hall–Kier alpha value is -1.27. The molecule has 1 aromatic rings. The number of hydrogen-bond donors (Lipinski definition) is 2. The molecule has 18 heavy (non-hydrogen) atoms. The maximum absolute atomic E-state index is 13.6. The lowest BCUT2D eigenvalue weighted by atomic mass is 10.2. The van der Waals surface area contributed by atoms with Gasteiger partial charge in [0.25, 0.3) is 0 Å². The predicted molar refractivity (Wildman–Crippen MR) is 73.9 cm³/mol. The van der Waals surface area contributed by atoms with Crippen LogP contribution < -0.4 is 11.1 Å². The predicted octanol–water partition coefficient (Wildman–Crippen LogP) is 1.96. The van der Waals surface area contributed by atoms with E-state index in [0.717, 1.165) is 18.7 Å². The lowest BCUT2D eigenvalue weighted by Crippen LogP contribution is -2.25. The summed E-state index contributed by atoms with van der Waals surface area (Å²) in [6.45, 7) is 4.06. The standard InChI is InChI=1S/C12H17F2N3S/c1-3-17(2)5-4-16-11-9(13)6-8(12(15)18)7-10(11)14/h6-7,16H,3-5H2,1-2H3,(H2,15,18). The molecule has 6 heteroatoms. The van der Waals surface area contributed by atoms with Crippen LogP contribution in [-0.4, -0.2) is 36.6 Å². The third-order valence-corrected chi connectivity index (χ3v) is 2.90. The Morgan fingerprint density at radius 1 is 1.39 bits per heavy atom. The summed E-state index contributed by atoms with van der Waals surface area (Å²) in [6.07, 6.45) is 0. The molecule has 0 bridgehead atoms. The SMILES string of the molecule is CCN(C)CCNc1c(F)cc(C(N)=S)cc1F. The highest BCUT2D eigenvalue weighted by Gasteiger charge is 2.12. The summed E-state index contributed by atoms with van der Waals surface area (Å²) in [7, 11) is 1.93. The van der Waals surface area contributed by atoms with Crippen LogP contribution in [-0.2, 0) is 0 Å². The molecule has 0 aliphatic heterocycles. The molecule has 1 rings (SSSR count). The summed E-state index contributed by atoms with van der Waals surface area (Å²) < 4.78 is 27.3. The van der Waals surface area contributed by atoms with Crippen molar-refractivity contribution in [2.75, 3.05) is 32.0 Å². The zero-order chi connectivity index (χ0) is 13.7. The van der Waals surface area contributed by atoms with Gasteiger partial charge in [0.15, 0.2) is 0 Å². The van der Waals surface area contributed by atoms with Crippen molar-refractivity contribution >= 4 is 22.9 Å². The van der Waals surface area contributed by atoms with Crippen LogP contribution in [0.4, 0.5) is 14.5 Å². The van der Waals surface area contributed by atoms with Crippen molar-refractivity contribution in [3.8, 4) is 0 Å². The number of nitrogens with zero attached hydrogens (tertiary/aromatic N) is 1. The smallest absolute Gasteiger partial charge is 0.150 e. The quantitative estimate of drug-likeness (QED) is 0.778. The molecule has 0 amide bonds. The molecule has 3 nitrogen and oxygen atoms in total. The molecule has 0 saturated heterocycles. The van der Waals surface area contributed by atoms with Gasteiger partial charge in [-0.15, -0.1) is 0 Å². The van der Waals surface area contributed by atoms with Crippen LogP contribution in [0.2, 0.25) is 0 Å². The molecule has 0 radical (unpaired) electrons. The van der Waals surface area contributed by atoms with E-state index in [1.165, 1.54) is 0 Å². The first-order valence-corrected chi connectivity index (χ1v) is 6.07. The Bertz CT molecular complexity index is 414. The van der Waals surface area contributed by atoms with Gasteiger partial charge in [0.1, 0.15) is 22.3 Å². The maximum Gasteiger partial charge on any atom is 0.150 e. The van der Waals surface area contributed by atoms with E-state index in [0.29, 0.717) is 13.1 Å². The van der Waals surface area contributed by atoms with Gasteiger partial charge in [-0.1, -0.05) is 19.1 Å². The van der Waals surface area contributed by atoms with Gasteiger partial charge in [-0.3, -0.25) is 0 Å². The highest BCUT2D eigenvalue weighted by molar-refractivity contribution is 7.80. The number of benzene rings is 1. The minimum atomic E-state index is -0.683. The van der Waals surface area contributed by atoms with Crippen LogP contribution in [0.5, 0.6) is 0 Å². The molecule has 0 spiro atoms. The van der Waals surface area contributed by atoms with Crippen LogP contribution in [0.15, 0.2) is 12.1 Å². The Labute approximate surface area is 111 Å². The zero-order valence-corrected chi connectivity index (χ0v) is 11.3. The summed E-state index contributed by atoms with van der Waals surface area (Å²) in [5.74, 6) is -1.37. The molecule has 1 aromatic carbocycles. The minimum absolute atomic E-state index is 0.0231. The Morgan fingerprint density at radius 3 is 2.39 bits per heavy atom. The van der Waals surface area contributed by atoms with Crippen molar-refractivity contribution in [1.82, 2.24) is 4.90 Å². The molecular weight excluding hydrogens is 256 g/mol. The van der Waals surface area contributed by atoms with E-state index in [2.05, 4.69) is 17.5 Å². The second-order valence-electron chi connectivity index (χ2n) is 4.00. The minimum Gasteiger partial charge on any atom is -0.389 e. The molecule has 0 saturated carbocycles. The number of nitrogens with two attached hydrogens (primary N) is 1. The fourth-order valence-corrected chi connectivity index (χ4v) is 1.53. The van der Waals surface area contributed by atoms with E-state index in [4.69, 9.17) is 5.73 Å². The number of anilines is 1. The maximum atomic E-state index is 13.6. The molecule has 0 aliphatic rings. The van der Waals surface area contributed by atoms with Crippen molar-refractivity contribution in [2.24, 2.45) is 5.73 Å². The van der Waals surface area contributed by atoms with Gasteiger partial charge in [-0.2, -0.15) is 0 Å². The molecule has 0 heterocycles. The van der Waals surface area contributed by atoms with Crippen LogP contribution >= 0.6 is 12.2 Å². The fraction of sp³-hybridized carbons (Fsp3) is 0.417. The third-order valence-electron chi connectivity index (χ3n) is 2.66. The third kappa shape index (κ3) is 3.89. The molecule has 0 aliphatic carbocycles. The first kappa shape index (κ1) is 14.8. The van der Waals surface area contributed by atoms with Crippen LogP contribution in [0.3, 0.4) is 0 Å². The number of likely N-dealkylation sites (N-methyl/N-ethyl adjacent to an activating group) is 1. The largest absolute Gasteiger partial charge is 0.389 e. The summed E-state index contributed by atoms with van der Waals surface area (Å²) in [5.41, 5.74) is 5.38. The van der Waals surface area contributed by atoms with Crippen LogP contribution in [0.25, 0.3) is 0 Å². The number of hydrogen-bond acceptors (Lipinski definition) is 3. The summed E-state index contributed by atoms with van der Waals surface area (Å²) >= 11 is 4.68. The summed E-state index contributed by atoms with van der Waals surface area (Å²) in [6, 6.07) is 2.27. The molecular formula is C12H17F2N3S. The van der Waals surface area contributed by atoms with Crippen molar-refractivity contribution in [3.63, 3.8) is 0 Å². The van der Waals surface area contributed by atoms with E-state index in [1.54, 1.807) is 0 Å². The Balaban J connectivity index is 2.75. The van der Waals surface area contributed by atoms with E-state index in [1.807, 2.05) is 18.9 Å². The average Bonchev–Trinajstić information content (AvgIpc) is 2.31. The van der Waals surface area contributed by atoms with Crippen molar-refractivity contribution in [3.05, 3.63) is 29.3 Å². The zero-order valence-electron chi connectivity index (χ0n) is 10.5. The second kappa shape index (κ2) is 6.61. The number of halogens is 2. The summed E-state index contributed by atoms with van der Waals surface area (Å²) in [5, 5.41) is 2.74. The normalized spacial score (nSPS) is 10.7. The Morgan fingerprint density at radius 2 is 1.94 bits per heavy atom. The molecule has 3 N–H and O–H groups in total. The number of nitrogens with one attached hydrogen (secondary N) is 1. The van der Waals surface area contributed by atoms with Gasteiger partial charge in [0, 0.05) is 18.7 Å². The van der Waals surface area contributed by atoms with Crippen LogP contribution in [0, 0.1) is 11.6 Å². The van der Waals surface area contributed by atoms with Gasteiger partial charge in [-0.05, 0) is 25.7 Å². The summed E-state index contributed by atoms with van der Waals surface area (Å²) in [4.78, 5) is 2.01. The van der Waals surface area contributed by atoms with Crippen molar-refractivity contribution in [1.29, 1.82) is 0 Å². The fourth-order valence-electron chi connectivity index (χ4n) is 1.41. The van der Waals surface area contributed by atoms with Gasteiger partial charge >= 0.3 is 0 Å². The Kier molecular flexibility index (Phi) is 5.43. The monoisotopic (exact) mass is 273 g/mol. The van der Waals surface area contributed by atoms with Crippen molar-refractivity contribution in [2.45, 2.75) is 6.92 Å². The van der Waals surface area contributed by atoms with Gasteiger partial charge < -0.3 is 16.0 Å². The van der Waals surface area contributed by atoms with Crippen LogP contribution in [0.1, 0.15) is 12.5 Å². The van der Waals surface area contributed by atoms with E-state index in [9.17, 15) is 8.78 Å². The number of rotatable bonds is 6. The van der Waals surface area contributed by atoms with Gasteiger partial charge in [0.2, 0.25) is 0 Å². The lowest BCUT2D eigenvalue weighted by Gasteiger charge is -2.15. The van der Waals surface area contributed by atoms with E-state index >= 15 is 0 Å². The van der Waals surface area contributed by atoms with E-state index in [-0.39, 0.29) is 16.2 Å². The first-order valence-electron chi connectivity index (χ1n) is 5.67. The van der Waals surface area contributed by atoms with Crippen molar-refractivity contribution < 1.29 is 8.78 Å². The molecule has 0 unspecified atom stereocenters. The second-order valence-corrected chi connectivity index (χ2v) is 4.44. The lowest BCUT2D eigenvalue weighted by molar-refractivity contribution is 0.366. The number of thiocarbonyl (C=S) groups is 1.